The summed E-state index contributed by atoms with van der Waals surface area (Å²) in [6.07, 6.45) is 3.65. The Morgan fingerprint density at radius 2 is 2.24 bits per heavy atom. The van der Waals surface area contributed by atoms with Gasteiger partial charge in [0.1, 0.15) is 11.8 Å². The lowest BCUT2D eigenvalue weighted by molar-refractivity contribution is 0.360. The lowest BCUT2D eigenvalue weighted by atomic mass is 9.94. The molecule has 0 saturated carbocycles. The molecule has 108 valence electrons. The lowest BCUT2D eigenvalue weighted by Gasteiger charge is -2.24. The standard InChI is InChI=1S/C17H18N2OS/c18-9-10-20-16-6-2-1-4-13(16)12-19-15-5-3-7-17-14(15)8-11-21-17/h1-2,4,6,8,11,15,19H,3,5,7,10,12H2. The molecule has 21 heavy (non-hydrogen) atoms. The van der Waals surface area contributed by atoms with Crippen LogP contribution >= 0.6 is 11.3 Å². The van der Waals surface area contributed by atoms with Crippen LogP contribution in [0.4, 0.5) is 0 Å². The van der Waals surface area contributed by atoms with Crippen molar-refractivity contribution in [3.05, 3.63) is 51.7 Å². The maximum atomic E-state index is 8.65. The van der Waals surface area contributed by atoms with Crippen molar-refractivity contribution in [3.63, 3.8) is 0 Å². The van der Waals surface area contributed by atoms with E-state index in [1.807, 2.05) is 35.6 Å². The maximum absolute atomic E-state index is 8.65. The first kappa shape index (κ1) is 14.1. The van der Waals surface area contributed by atoms with Crippen LogP contribution in [0.15, 0.2) is 35.7 Å². The Balaban J connectivity index is 1.68. The molecule has 3 nitrogen and oxygen atoms in total. The minimum absolute atomic E-state index is 0.0924. The van der Waals surface area contributed by atoms with Gasteiger partial charge in [0.15, 0.2) is 6.61 Å². The molecule has 1 atom stereocenters. The fourth-order valence-corrected chi connectivity index (χ4v) is 3.82. The van der Waals surface area contributed by atoms with Crippen LogP contribution in [0.5, 0.6) is 5.75 Å². The van der Waals surface area contributed by atoms with Crippen LogP contribution in [0.3, 0.4) is 0 Å². The second kappa shape index (κ2) is 6.75. The normalized spacial score (nSPS) is 17.0. The average molecular weight is 298 g/mol. The van der Waals surface area contributed by atoms with Crippen LogP contribution in [0.2, 0.25) is 0 Å². The molecular formula is C17H18N2OS. The largest absolute Gasteiger partial charge is 0.478 e. The summed E-state index contributed by atoms with van der Waals surface area (Å²) in [6, 6.07) is 12.6. The Morgan fingerprint density at radius 3 is 3.14 bits per heavy atom. The molecule has 1 unspecified atom stereocenters. The van der Waals surface area contributed by atoms with Gasteiger partial charge in [0.05, 0.1) is 0 Å². The van der Waals surface area contributed by atoms with E-state index >= 15 is 0 Å². The predicted molar refractivity (Wildman–Crippen MR) is 84.4 cm³/mol. The van der Waals surface area contributed by atoms with Crippen molar-refractivity contribution >= 4 is 11.3 Å². The van der Waals surface area contributed by atoms with E-state index in [1.165, 1.54) is 29.7 Å². The third-order valence-corrected chi connectivity index (χ3v) is 4.85. The molecule has 0 aliphatic heterocycles. The number of nitrogens with one attached hydrogen (secondary N) is 1. The predicted octanol–water partition coefficient (Wildman–Crippen LogP) is 3.82. The van der Waals surface area contributed by atoms with Gasteiger partial charge < -0.3 is 10.1 Å². The zero-order valence-corrected chi connectivity index (χ0v) is 12.7. The zero-order valence-electron chi connectivity index (χ0n) is 11.8. The molecular weight excluding hydrogens is 280 g/mol. The van der Waals surface area contributed by atoms with Gasteiger partial charge in [-0.1, -0.05) is 18.2 Å². The molecule has 0 bridgehead atoms. The summed E-state index contributed by atoms with van der Waals surface area (Å²) in [5.74, 6) is 0.799. The van der Waals surface area contributed by atoms with Gasteiger partial charge in [0.25, 0.3) is 0 Å². The summed E-state index contributed by atoms with van der Waals surface area (Å²) in [6.45, 7) is 0.858. The molecule has 4 heteroatoms. The maximum Gasteiger partial charge on any atom is 0.174 e. The molecule has 1 aliphatic rings. The van der Waals surface area contributed by atoms with Crippen molar-refractivity contribution < 1.29 is 4.74 Å². The van der Waals surface area contributed by atoms with E-state index in [2.05, 4.69) is 22.8 Å². The van der Waals surface area contributed by atoms with E-state index in [0.29, 0.717) is 6.04 Å². The summed E-state index contributed by atoms with van der Waals surface area (Å²) in [7, 11) is 0. The van der Waals surface area contributed by atoms with Gasteiger partial charge in [-0.15, -0.1) is 11.3 Å². The molecule has 1 heterocycles. The highest BCUT2D eigenvalue weighted by Gasteiger charge is 2.20. The third-order valence-electron chi connectivity index (χ3n) is 3.86. The Hall–Kier alpha value is -1.83. The second-order valence-electron chi connectivity index (χ2n) is 5.18. The lowest BCUT2D eigenvalue weighted by Crippen LogP contribution is -2.24. The number of para-hydroxylation sites is 1. The number of rotatable bonds is 5. The number of hydrogen-bond donors (Lipinski definition) is 1. The van der Waals surface area contributed by atoms with Crippen LogP contribution in [0, 0.1) is 11.3 Å². The number of benzene rings is 1. The molecule has 0 spiro atoms. The van der Waals surface area contributed by atoms with Crippen molar-refractivity contribution in [2.24, 2.45) is 0 Å². The van der Waals surface area contributed by atoms with Crippen LogP contribution in [-0.4, -0.2) is 6.61 Å². The van der Waals surface area contributed by atoms with E-state index in [-0.39, 0.29) is 6.61 Å². The Morgan fingerprint density at radius 1 is 1.33 bits per heavy atom. The van der Waals surface area contributed by atoms with E-state index in [1.54, 1.807) is 0 Å². The number of fused-ring (bicyclic) bond motifs is 1. The fourth-order valence-electron chi connectivity index (χ4n) is 2.83. The second-order valence-corrected chi connectivity index (χ2v) is 6.18. The van der Waals surface area contributed by atoms with Crippen LogP contribution in [-0.2, 0) is 13.0 Å². The first-order valence-electron chi connectivity index (χ1n) is 7.26. The van der Waals surface area contributed by atoms with E-state index < -0.39 is 0 Å². The Kier molecular flexibility index (Phi) is 4.54. The molecule has 1 aliphatic carbocycles. The quantitative estimate of drug-likeness (QED) is 0.912. The highest BCUT2D eigenvalue weighted by molar-refractivity contribution is 7.10. The van der Waals surface area contributed by atoms with Gasteiger partial charge in [-0.05, 0) is 42.3 Å². The van der Waals surface area contributed by atoms with Gasteiger partial charge in [0.2, 0.25) is 0 Å². The van der Waals surface area contributed by atoms with E-state index in [9.17, 15) is 0 Å². The summed E-state index contributed by atoms with van der Waals surface area (Å²) >= 11 is 1.86. The molecule has 3 rings (SSSR count). The van der Waals surface area contributed by atoms with Crippen molar-refractivity contribution in [2.75, 3.05) is 6.61 Å². The number of aryl methyl sites for hydroxylation is 1. The molecule has 1 aromatic carbocycles. The summed E-state index contributed by atoms with van der Waals surface area (Å²) in [5, 5.41) is 14.5. The van der Waals surface area contributed by atoms with Gasteiger partial charge in [-0.25, -0.2) is 0 Å². The fraction of sp³-hybridized carbons (Fsp3) is 0.353. The highest BCUT2D eigenvalue weighted by atomic mass is 32.1. The summed E-state index contributed by atoms with van der Waals surface area (Å²) < 4.78 is 5.48. The van der Waals surface area contributed by atoms with Gasteiger partial charge in [0, 0.05) is 23.0 Å². The molecule has 0 saturated heterocycles. The first-order chi connectivity index (χ1) is 10.4. The number of nitrogens with zero attached hydrogens (tertiary/aromatic N) is 1. The topological polar surface area (TPSA) is 45.0 Å². The van der Waals surface area contributed by atoms with Crippen LogP contribution in [0.1, 0.15) is 34.9 Å². The van der Waals surface area contributed by atoms with Gasteiger partial charge in [-0.3, -0.25) is 0 Å². The Bertz CT molecular complexity index is 644. The summed E-state index contributed by atoms with van der Waals surface area (Å²) in [5.41, 5.74) is 2.57. The third kappa shape index (κ3) is 3.26. The first-order valence-corrected chi connectivity index (χ1v) is 8.14. The van der Waals surface area contributed by atoms with E-state index in [0.717, 1.165) is 17.9 Å². The number of nitriles is 1. The molecule has 0 fully saturated rings. The van der Waals surface area contributed by atoms with Crippen LogP contribution < -0.4 is 10.1 Å². The number of hydrogen-bond acceptors (Lipinski definition) is 4. The van der Waals surface area contributed by atoms with Crippen molar-refractivity contribution in [1.29, 1.82) is 5.26 Å². The molecule has 0 radical (unpaired) electrons. The van der Waals surface area contributed by atoms with Crippen molar-refractivity contribution in [1.82, 2.24) is 5.32 Å². The molecule has 0 amide bonds. The smallest absolute Gasteiger partial charge is 0.174 e. The monoisotopic (exact) mass is 298 g/mol. The molecule has 1 aromatic heterocycles. The summed E-state index contributed by atoms with van der Waals surface area (Å²) in [4.78, 5) is 1.52. The van der Waals surface area contributed by atoms with Gasteiger partial charge in [-0.2, -0.15) is 5.26 Å². The van der Waals surface area contributed by atoms with Crippen molar-refractivity contribution in [3.8, 4) is 11.8 Å². The average Bonchev–Trinajstić information content (AvgIpc) is 3.01. The molecule has 2 aromatic rings. The highest BCUT2D eigenvalue weighted by Crippen LogP contribution is 2.33. The minimum Gasteiger partial charge on any atom is -0.478 e. The number of thiophene rings is 1. The van der Waals surface area contributed by atoms with Crippen molar-refractivity contribution in [2.45, 2.75) is 31.8 Å². The Labute approximate surface area is 129 Å². The minimum atomic E-state index is 0.0924. The van der Waals surface area contributed by atoms with Crippen LogP contribution in [0.25, 0.3) is 0 Å². The molecule has 1 N–H and O–H groups in total. The zero-order chi connectivity index (χ0) is 14.5. The van der Waals surface area contributed by atoms with Gasteiger partial charge >= 0.3 is 0 Å². The van der Waals surface area contributed by atoms with E-state index in [4.69, 9.17) is 10.00 Å². The number of ether oxygens (including phenoxy) is 1. The SMILES string of the molecule is N#CCOc1ccccc1CNC1CCCc2sccc21.